The Bertz CT molecular complexity index is 526. The molecule has 2 aromatic heterocycles. The van der Waals surface area contributed by atoms with Gasteiger partial charge in [0.15, 0.2) is 5.82 Å². The predicted molar refractivity (Wildman–Crippen MR) is 61.9 cm³/mol. The number of nitrogens with zero attached hydrogens (tertiary/aromatic N) is 4. The van der Waals surface area contributed by atoms with Gasteiger partial charge >= 0.3 is 5.97 Å². The van der Waals surface area contributed by atoms with Gasteiger partial charge in [-0.1, -0.05) is 0 Å². The Balaban J connectivity index is 2.24. The molecule has 0 bridgehead atoms. The highest BCUT2D eigenvalue weighted by atomic mass is 32.2. The second-order valence-electron chi connectivity index (χ2n) is 3.27. The Labute approximate surface area is 102 Å². The summed E-state index contributed by atoms with van der Waals surface area (Å²) in [6.07, 6.45) is 3.39. The Kier molecular flexibility index (Phi) is 3.38. The van der Waals surface area contributed by atoms with Gasteiger partial charge < -0.3 is 8.75 Å². The zero-order valence-corrected chi connectivity index (χ0v) is 10.1. The van der Waals surface area contributed by atoms with Crippen LogP contribution in [0, 0.1) is 0 Å². The zero-order valence-electron chi connectivity index (χ0n) is 9.32. The molecule has 0 unspecified atom stereocenters. The molecule has 0 atom stereocenters. The lowest BCUT2D eigenvalue weighted by Crippen LogP contribution is -1.97. The van der Waals surface area contributed by atoms with Gasteiger partial charge in [-0.3, -0.25) is 9.78 Å². The molecule has 2 aromatic rings. The maximum absolute atomic E-state index is 10.7. The van der Waals surface area contributed by atoms with Crippen molar-refractivity contribution in [3.05, 3.63) is 24.5 Å². The van der Waals surface area contributed by atoms with E-state index < -0.39 is 0 Å². The Morgan fingerprint density at radius 2 is 2.29 bits per heavy atom. The van der Waals surface area contributed by atoms with Gasteiger partial charge in [0.05, 0.1) is 0 Å². The van der Waals surface area contributed by atoms with E-state index >= 15 is 0 Å². The molecule has 17 heavy (non-hydrogen) atoms. The molecule has 0 aliphatic carbocycles. The number of hydrogen-bond acceptors (Lipinski definition) is 6. The third-order valence-electron chi connectivity index (χ3n) is 1.99. The number of hydrogen-bond donors (Lipinski definition) is 0. The standard InChI is InChI=1S/C10H10N4O2S/c1-7(15)16-17-10-13-12-9(14(10)2)8-4-3-5-11-6-8/h3-6H,1-2H3. The first-order valence-corrected chi connectivity index (χ1v) is 5.57. The largest absolute Gasteiger partial charge is 0.383 e. The second-order valence-corrected chi connectivity index (χ2v) is 3.96. The third kappa shape index (κ3) is 2.62. The molecule has 0 aromatic carbocycles. The van der Waals surface area contributed by atoms with Crippen LogP contribution in [0.1, 0.15) is 6.92 Å². The van der Waals surface area contributed by atoms with Gasteiger partial charge in [-0.05, 0) is 12.1 Å². The van der Waals surface area contributed by atoms with Crippen molar-refractivity contribution in [2.45, 2.75) is 12.1 Å². The summed E-state index contributed by atoms with van der Waals surface area (Å²) in [5.41, 5.74) is 0.858. The fraction of sp³-hybridized carbons (Fsp3) is 0.200. The lowest BCUT2D eigenvalue weighted by atomic mass is 10.3. The molecule has 7 heteroatoms. The first-order valence-electron chi connectivity index (χ1n) is 4.83. The van der Waals surface area contributed by atoms with E-state index in [4.69, 9.17) is 4.18 Å². The SMILES string of the molecule is CC(=O)OSc1nnc(-c2cccnc2)n1C. The van der Waals surface area contributed by atoms with Crippen molar-refractivity contribution in [3.63, 3.8) is 0 Å². The Morgan fingerprint density at radius 1 is 1.47 bits per heavy atom. The van der Waals surface area contributed by atoms with E-state index in [0.717, 1.165) is 17.6 Å². The lowest BCUT2D eigenvalue weighted by molar-refractivity contribution is -0.130. The van der Waals surface area contributed by atoms with Crippen LogP contribution in [0.2, 0.25) is 0 Å². The molecule has 0 saturated carbocycles. The van der Waals surface area contributed by atoms with Crippen molar-refractivity contribution >= 4 is 18.0 Å². The van der Waals surface area contributed by atoms with E-state index in [1.165, 1.54) is 6.92 Å². The van der Waals surface area contributed by atoms with Crippen LogP contribution in [-0.2, 0) is 16.0 Å². The minimum Gasteiger partial charge on any atom is -0.383 e. The Hall–Kier alpha value is -1.89. The normalized spacial score (nSPS) is 10.2. The van der Waals surface area contributed by atoms with Crippen LogP contribution in [-0.4, -0.2) is 25.7 Å². The quantitative estimate of drug-likeness (QED) is 0.768. The molecule has 88 valence electrons. The Morgan fingerprint density at radius 3 is 2.94 bits per heavy atom. The summed E-state index contributed by atoms with van der Waals surface area (Å²) in [5.74, 6) is 0.300. The molecule has 2 rings (SSSR count). The van der Waals surface area contributed by atoms with Gasteiger partial charge in [-0.25, -0.2) is 0 Å². The van der Waals surface area contributed by atoms with Crippen LogP contribution in [0.4, 0.5) is 0 Å². The van der Waals surface area contributed by atoms with E-state index in [1.807, 2.05) is 12.1 Å². The fourth-order valence-electron chi connectivity index (χ4n) is 1.23. The molecule has 6 nitrogen and oxygen atoms in total. The van der Waals surface area contributed by atoms with E-state index in [0.29, 0.717) is 11.0 Å². The topological polar surface area (TPSA) is 69.9 Å². The van der Waals surface area contributed by atoms with Crippen LogP contribution in [0.25, 0.3) is 11.4 Å². The third-order valence-corrected chi connectivity index (χ3v) is 2.81. The van der Waals surface area contributed by atoms with Gasteiger partial charge in [0.2, 0.25) is 5.16 Å². The number of pyridine rings is 1. The van der Waals surface area contributed by atoms with E-state index in [9.17, 15) is 4.79 Å². The lowest BCUT2D eigenvalue weighted by Gasteiger charge is -2.02. The molecule has 0 aliphatic rings. The van der Waals surface area contributed by atoms with Crippen LogP contribution >= 0.6 is 12.0 Å². The summed E-state index contributed by atoms with van der Waals surface area (Å²) in [7, 11) is 1.80. The summed E-state index contributed by atoms with van der Waals surface area (Å²) in [4.78, 5) is 14.7. The number of aromatic nitrogens is 4. The molecular weight excluding hydrogens is 240 g/mol. The number of carbonyl (C=O) groups excluding carboxylic acids is 1. The van der Waals surface area contributed by atoms with Crippen molar-refractivity contribution < 1.29 is 8.98 Å². The van der Waals surface area contributed by atoms with Crippen LogP contribution in [0.15, 0.2) is 29.7 Å². The van der Waals surface area contributed by atoms with Crippen molar-refractivity contribution in [2.24, 2.45) is 7.05 Å². The highest BCUT2D eigenvalue weighted by Gasteiger charge is 2.12. The smallest absolute Gasteiger partial charge is 0.315 e. The molecule has 2 heterocycles. The predicted octanol–water partition coefficient (Wildman–Crippen LogP) is 1.45. The monoisotopic (exact) mass is 250 g/mol. The average molecular weight is 250 g/mol. The molecule has 0 N–H and O–H groups in total. The van der Waals surface area contributed by atoms with Crippen LogP contribution in [0.3, 0.4) is 0 Å². The summed E-state index contributed by atoms with van der Waals surface area (Å²) >= 11 is 0.890. The summed E-state index contributed by atoms with van der Waals surface area (Å²) in [6.45, 7) is 1.34. The van der Waals surface area contributed by atoms with Gasteiger partial charge in [0.25, 0.3) is 0 Å². The van der Waals surface area contributed by atoms with Gasteiger partial charge in [0, 0.05) is 31.9 Å². The van der Waals surface area contributed by atoms with E-state index in [1.54, 1.807) is 24.0 Å². The van der Waals surface area contributed by atoms with Crippen molar-refractivity contribution in [1.29, 1.82) is 0 Å². The van der Waals surface area contributed by atoms with Crippen LogP contribution in [0.5, 0.6) is 0 Å². The molecule has 0 amide bonds. The number of rotatable bonds is 3. The average Bonchev–Trinajstić information content (AvgIpc) is 2.69. The van der Waals surface area contributed by atoms with Gasteiger partial charge in [-0.2, -0.15) is 0 Å². The first kappa shape index (κ1) is 11.6. The van der Waals surface area contributed by atoms with Gasteiger partial charge in [-0.15, -0.1) is 10.2 Å². The summed E-state index contributed by atoms with van der Waals surface area (Å²) in [6, 6.07) is 3.71. The van der Waals surface area contributed by atoms with Crippen LogP contribution < -0.4 is 0 Å². The highest BCUT2D eigenvalue weighted by Crippen LogP contribution is 2.22. The minimum absolute atomic E-state index is 0.374. The summed E-state index contributed by atoms with van der Waals surface area (Å²) in [5, 5.41) is 8.47. The molecule has 0 radical (unpaired) electrons. The first-order chi connectivity index (χ1) is 8.18. The van der Waals surface area contributed by atoms with Gasteiger partial charge in [0.1, 0.15) is 12.0 Å². The second kappa shape index (κ2) is 4.96. The number of carbonyl (C=O) groups is 1. The molecule has 0 saturated heterocycles. The highest BCUT2D eigenvalue weighted by molar-refractivity contribution is 7.94. The van der Waals surface area contributed by atoms with Crippen molar-refractivity contribution in [2.75, 3.05) is 0 Å². The maximum atomic E-state index is 10.7. The maximum Gasteiger partial charge on any atom is 0.315 e. The molecule has 0 aliphatic heterocycles. The van der Waals surface area contributed by atoms with Crippen molar-refractivity contribution in [1.82, 2.24) is 19.7 Å². The summed E-state index contributed by atoms with van der Waals surface area (Å²) < 4.78 is 6.54. The van der Waals surface area contributed by atoms with Crippen molar-refractivity contribution in [3.8, 4) is 11.4 Å². The fourth-order valence-corrected chi connectivity index (χ4v) is 1.69. The molecular formula is C10H10N4O2S. The molecule has 0 spiro atoms. The zero-order chi connectivity index (χ0) is 12.3. The molecule has 0 fully saturated rings. The van der Waals surface area contributed by atoms with E-state index in [2.05, 4.69) is 15.2 Å². The van der Waals surface area contributed by atoms with E-state index in [-0.39, 0.29) is 5.97 Å². The minimum atomic E-state index is -0.374.